The third kappa shape index (κ3) is 4.82. The molecule has 3 atom stereocenters. The van der Waals surface area contributed by atoms with Gasteiger partial charge in [0.25, 0.3) is 0 Å². The zero-order valence-electron chi connectivity index (χ0n) is 12.7. The van der Waals surface area contributed by atoms with Crippen molar-refractivity contribution in [3.05, 3.63) is 35.9 Å². The van der Waals surface area contributed by atoms with E-state index in [0.717, 1.165) is 32.5 Å². The quantitative estimate of drug-likeness (QED) is 0.783. The lowest BCUT2D eigenvalue weighted by molar-refractivity contribution is 0.0399. The molecule has 21 heavy (non-hydrogen) atoms. The van der Waals surface area contributed by atoms with Gasteiger partial charge in [0.1, 0.15) is 0 Å². The number of nitrogens with zero attached hydrogens (tertiary/aromatic N) is 2. The molecule has 0 aliphatic carbocycles. The topological polar surface area (TPSA) is 59.3 Å². The molecular formula is C17H25N3O. The molecule has 4 heteroatoms. The average Bonchev–Trinajstić information content (AvgIpc) is 2.53. The van der Waals surface area contributed by atoms with E-state index in [4.69, 9.17) is 5.26 Å². The molecule has 0 saturated carbocycles. The number of likely N-dealkylation sites (tertiary alicyclic amines) is 1. The van der Waals surface area contributed by atoms with Gasteiger partial charge >= 0.3 is 0 Å². The summed E-state index contributed by atoms with van der Waals surface area (Å²) < 4.78 is 0. The highest BCUT2D eigenvalue weighted by Crippen LogP contribution is 2.22. The monoisotopic (exact) mass is 287 g/mol. The van der Waals surface area contributed by atoms with Gasteiger partial charge in [-0.25, -0.2) is 0 Å². The van der Waals surface area contributed by atoms with Crippen LogP contribution in [0.1, 0.15) is 25.3 Å². The maximum absolute atomic E-state index is 10.1. The second kappa shape index (κ2) is 8.14. The number of nitriles is 1. The summed E-state index contributed by atoms with van der Waals surface area (Å²) in [5, 5.41) is 22.6. The number of nitrogens with one attached hydrogen (secondary N) is 1. The van der Waals surface area contributed by atoms with E-state index in [-0.39, 0.29) is 12.0 Å². The molecule has 2 N–H and O–H groups in total. The minimum absolute atomic E-state index is 0.255. The highest BCUT2D eigenvalue weighted by molar-refractivity contribution is 5.14. The summed E-state index contributed by atoms with van der Waals surface area (Å²) in [6.45, 7) is 5.00. The second-order valence-electron chi connectivity index (χ2n) is 5.89. The highest BCUT2D eigenvalue weighted by atomic mass is 16.3. The van der Waals surface area contributed by atoms with Gasteiger partial charge in [0, 0.05) is 25.7 Å². The van der Waals surface area contributed by atoms with Gasteiger partial charge in [0.2, 0.25) is 0 Å². The maximum atomic E-state index is 10.1. The van der Waals surface area contributed by atoms with Crippen LogP contribution in [-0.2, 0) is 6.54 Å². The van der Waals surface area contributed by atoms with Gasteiger partial charge in [-0.3, -0.25) is 4.90 Å². The zero-order valence-corrected chi connectivity index (χ0v) is 12.7. The van der Waals surface area contributed by atoms with Gasteiger partial charge < -0.3 is 10.4 Å². The average molecular weight is 287 g/mol. The number of piperidine rings is 1. The van der Waals surface area contributed by atoms with Crippen LogP contribution >= 0.6 is 0 Å². The summed E-state index contributed by atoms with van der Waals surface area (Å²) in [6.07, 6.45) is 1.48. The van der Waals surface area contributed by atoms with Crippen LogP contribution in [0.25, 0.3) is 0 Å². The van der Waals surface area contributed by atoms with Crippen LogP contribution < -0.4 is 5.32 Å². The first-order chi connectivity index (χ1) is 10.2. The minimum Gasteiger partial charge on any atom is -0.393 e. The van der Waals surface area contributed by atoms with Crippen LogP contribution in [0.4, 0.5) is 0 Å². The molecule has 0 spiro atoms. The molecule has 2 rings (SSSR count). The SMILES string of the molecule is CCC(O)C1CC(NCc2ccccc2)CN(CC#N)C1. The van der Waals surface area contributed by atoms with Crippen molar-refractivity contribution in [2.24, 2.45) is 5.92 Å². The van der Waals surface area contributed by atoms with Crippen molar-refractivity contribution in [2.75, 3.05) is 19.6 Å². The van der Waals surface area contributed by atoms with Crippen molar-refractivity contribution >= 4 is 0 Å². The third-order valence-electron chi connectivity index (χ3n) is 4.25. The van der Waals surface area contributed by atoms with Crippen LogP contribution in [0.15, 0.2) is 30.3 Å². The van der Waals surface area contributed by atoms with Crippen LogP contribution in [0.3, 0.4) is 0 Å². The number of hydrogen-bond donors (Lipinski definition) is 2. The van der Waals surface area contributed by atoms with Gasteiger partial charge in [0.15, 0.2) is 0 Å². The van der Waals surface area contributed by atoms with Gasteiger partial charge in [-0.1, -0.05) is 37.3 Å². The van der Waals surface area contributed by atoms with Gasteiger partial charge in [-0.05, 0) is 24.3 Å². The number of hydrogen-bond acceptors (Lipinski definition) is 4. The third-order valence-corrected chi connectivity index (χ3v) is 4.25. The molecule has 1 aromatic carbocycles. The fraction of sp³-hybridized carbons (Fsp3) is 0.588. The van der Waals surface area contributed by atoms with Gasteiger partial charge in [-0.15, -0.1) is 0 Å². The summed E-state index contributed by atoms with van der Waals surface area (Å²) in [7, 11) is 0. The van der Waals surface area contributed by atoms with Crippen molar-refractivity contribution in [3.8, 4) is 6.07 Å². The molecule has 0 bridgehead atoms. The normalized spacial score (nSPS) is 24.4. The maximum Gasteiger partial charge on any atom is 0.0866 e. The van der Waals surface area contributed by atoms with Crippen molar-refractivity contribution in [2.45, 2.75) is 38.5 Å². The lowest BCUT2D eigenvalue weighted by Crippen LogP contribution is -2.51. The predicted molar refractivity (Wildman–Crippen MR) is 83.5 cm³/mol. The first kappa shape index (κ1) is 16.0. The predicted octanol–water partition coefficient (Wildman–Crippen LogP) is 1.76. The number of benzene rings is 1. The standard InChI is InChI=1S/C17H25N3O/c1-2-17(21)15-10-16(13-20(12-15)9-8-18)19-11-14-6-4-3-5-7-14/h3-7,15-17,19,21H,2,9-13H2,1H3. The van der Waals surface area contributed by atoms with Crippen molar-refractivity contribution in [1.82, 2.24) is 10.2 Å². The van der Waals surface area contributed by atoms with Gasteiger partial charge in [0.05, 0.1) is 18.7 Å². The van der Waals surface area contributed by atoms with E-state index in [1.54, 1.807) is 0 Å². The molecular weight excluding hydrogens is 262 g/mol. The van der Waals surface area contributed by atoms with Crippen LogP contribution in [0.2, 0.25) is 0 Å². The Labute approximate surface area is 127 Å². The molecule has 1 aliphatic heterocycles. The summed E-state index contributed by atoms with van der Waals surface area (Å²) in [4.78, 5) is 2.15. The van der Waals surface area contributed by atoms with Crippen LogP contribution in [-0.4, -0.2) is 41.8 Å². The van der Waals surface area contributed by atoms with E-state index in [2.05, 4.69) is 28.4 Å². The van der Waals surface area contributed by atoms with E-state index < -0.39 is 0 Å². The van der Waals surface area contributed by atoms with Crippen molar-refractivity contribution < 1.29 is 5.11 Å². The molecule has 1 aromatic rings. The summed E-state index contributed by atoms with van der Waals surface area (Å²) in [6, 6.07) is 12.9. The van der Waals surface area contributed by atoms with Crippen molar-refractivity contribution in [1.29, 1.82) is 5.26 Å². The van der Waals surface area contributed by atoms with E-state index in [1.807, 2.05) is 25.1 Å². The lowest BCUT2D eigenvalue weighted by atomic mass is 9.88. The Bertz CT molecular complexity index is 457. The number of aliphatic hydroxyl groups excluding tert-OH is 1. The second-order valence-corrected chi connectivity index (χ2v) is 5.89. The molecule has 0 amide bonds. The Morgan fingerprint density at radius 3 is 2.81 bits per heavy atom. The highest BCUT2D eigenvalue weighted by Gasteiger charge is 2.30. The molecule has 0 aromatic heterocycles. The number of aliphatic hydroxyl groups is 1. The van der Waals surface area contributed by atoms with E-state index >= 15 is 0 Å². The molecule has 4 nitrogen and oxygen atoms in total. The van der Waals surface area contributed by atoms with Crippen LogP contribution in [0, 0.1) is 17.2 Å². The summed E-state index contributed by atoms with van der Waals surface area (Å²) in [5.41, 5.74) is 1.27. The van der Waals surface area contributed by atoms with E-state index in [9.17, 15) is 5.11 Å². The molecule has 0 radical (unpaired) electrons. The molecule has 114 valence electrons. The summed E-state index contributed by atoms with van der Waals surface area (Å²) in [5.74, 6) is 0.255. The largest absolute Gasteiger partial charge is 0.393 e. The fourth-order valence-electron chi connectivity index (χ4n) is 3.08. The Hall–Kier alpha value is -1.41. The Morgan fingerprint density at radius 2 is 2.14 bits per heavy atom. The Kier molecular flexibility index (Phi) is 6.19. The van der Waals surface area contributed by atoms with Crippen molar-refractivity contribution in [3.63, 3.8) is 0 Å². The summed E-state index contributed by atoms with van der Waals surface area (Å²) >= 11 is 0. The first-order valence-electron chi connectivity index (χ1n) is 7.77. The fourth-order valence-corrected chi connectivity index (χ4v) is 3.08. The Balaban J connectivity index is 1.92. The van der Waals surface area contributed by atoms with Gasteiger partial charge in [-0.2, -0.15) is 5.26 Å². The molecule has 3 unspecified atom stereocenters. The minimum atomic E-state index is -0.271. The molecule has 1 heterocycles. The smallest absolute Gasteiger partial charge is 0.0866 e. The lowest BCUT2D eigenvalue weighted by Gasteiger charge is -2.39. The first-order valence-corrected chi connectivity index (χ1v) is 7.77. The molecule has 1 fully saturated rings. The zero-order chi connectivity index (χ0) is 15.1. The Morgan fingerprint density at radius 1 is 1.38 bits per heavy atom. The molecule has 1 aliphatic rings. The molecule has 1 saturated heterocycles. The van der Waals surface area contributed by atoms with E-state index in [0.29, 0.717) is 12.6 Å². The number of rotatable bonds is 6. The van der Waals surface area contributed by atoms with Crippen LogP contribution in [0.5, 0.6) is 0 Å². The van der Waals surface area contributed by atoms with E-state index in [1.165, 1.54) is 5.56 Å².